The SMILES string of the molecule is OC(Cc1cncs1)C1CCOc2ccccc21. The number of hydrogen-bond donors (Lipinski definition) is 1. The number of aromatic nitrogens is 1. The van der Waals surface area contributed by atoms with Gasteiger partial charge in [-0.25, -0.2) is 0 Å². The first-order valence-corrected chi connectivity index (χ1v) is 6.99. The number of thiazole rings is 1. The van der Waals surface area contributed by atoms with Crippen molar-refractivity contribution in [3.05, 3.63) is 46.4 Å². The van der Waals surface area contributed by atoms with E-state index in [0.717, 1.165) is 22.6 Å². The first kappa shape index (κ1) is 11.7. The van der Waals surface area contributed by atoms with Gasteiger partial charge in [0.05, 0.1) is 18.2 Å². The van der Waals surface area contributed by atoms with E-state index in [1.165, 1.54) is 0 Å². The summed E-state index contributed by atoms with van der Waals surface area (Å²) in [5.41, 5.74) is 2.93. The van der Waals surface area contributed by atoms with Gasteiger partial charge in [0.2, 0.25) is 0 Å². The Morgan fingerprint density at radius 1 is 1.44 bits per heavy atom. The topological polar surface area (TPSA) is 42.4 Å². The van der Waals surface area contributed by atoms with Gasteiger partial charge in [0.1, 0.15) is 5.75 Å². The summed E-state index contributed by atoms with van der Waals surface area (Å²) < 4.78 is 5.62. The number of hydrogen-bond acceptors (Lipinski definition) is 4. The minimum absolute atomic E-state index is 0.164. The monoisotopic (exact) mass is 261 g/mol. The summed E-state index contributed by atoms with van der Waals surface area (Å²) in [6.07, 6.45) is 3.01. The van der Waals surface area contributed by atoms with E-state index in [9.17, 15) is 5.11 Å². The van der Waals surface area contributed by atoms with Gasteiger partial charge in [-0.2, -0.15) is 0 Å². The van der Waals surface area contributed by atoms with Crippen LogP contribution in [-0.2, 0) is 6.42 Å². The highest BCUT2D eigenvalue weighted by molar-refractivity contribution is 7.09. The van der Waals surface area contributed by atoms with Crippen LogP contribution in [-0.4, -0.2) is 22.8 Å². The summed E-state index contributed by atoms with van der Waals surface area (Å²) in [6, 6.07) is 7.99. The molecule has 0 saturated heterocycles. The maximum Gasteiger partial charge on any atom is 0.122 e. The van der Waals surface area contributed by atoms with Crippen molar-refractivity contribution in [2.75, 3.05) is 6.61 Å². The van der Waals surface area contributed by atoms with Crippen LogP contribution in [0.15, 0.2) is 36.0 Å². The Morgan fingerprint density at radius 2 is 2.33 bits per heavy atom. The number of ether oxygens (including phenoxy) is 1. The number of aliphatic hydroxyl groups is 1. The molecule has 0 fully saturated rings. The fourth-order valence-corrected chi connectivity index (χ4v) is 3.11. The molecule has 3 rings (SSSR count). The lowest BCUT2D eigenvalue weighted by atomic mass is 9.87. The molecule has 1 aromatic heterocycles. The molecule has 0 bridgehead atoms. The Bertz CT molecular complexity index is 512. The lowest BCUT2D eigenvalue weighted by Gasteiger charge is -2.29. The van der Waals surface area contributed by atoms with Crippen molar-refractivity contribution in [3.8, 4) is 5.75 Å². The number of para-hydroxylation sites is 1. The Morgan fingerprint density at radius 3 is 3.17 bits per heavy atom. The number of fused-ring (bicyclic) bond motifs is 1. The Hall–Kier alpha value is -1.39. The van der Waals surface area contributed by atoms with E-state index in [1.54, 1.807) is 16.8 Å². The van der Waals surface area contributed by atoms with Crippen molar-refractivity contribution in [1.82, 2.24) is 4.98 Å². The summed E-state index contributed by atoms with van der Waals surface area (Å²) in [7, 11) is 0. The van der Waals surface area contributed by atoms with Crippen LogP contribution >= 0.6 is 11.3 Å². The molecule has 3 nitrogen and oxygen atoms in total. The average Bonchev–Trinajstić information content (AvgIpc) is 2.91. The van der Waals surface area contributed by atoms with Gasteiger partial charge in [-0.3, -0.25) is 4.98 Å². The van der Waals surface area contributed by atoms with E-state index >= 15 is 0 Å². The number of benzene rings is 1. The van der Waals surface area contributed by atoms with Gasteiger partial charge in [-0.1, -0.05) is 18.2 Å². The van der Waals surface area contributed by atoms with Gasteiger partial charge in [0, 0.05) is 23.4 Å². The van der Waals surface area contributed by atoms with Crippen molar-refractivity contribution >= 4 is 11.3 Å². The number of nitrogens with zero attached hydrogens (tertiary/aromatic N) is 1. The first-order chi connectivity index (χ1) is 8.84. The van der Waals surface area contributed by atoms with Crippen molar-refractivity contribution in [2.45, 2.75) is 24.9 Å². The molecule has 2 unspecified atom stereocenters. The highest BCUT2D eigenvalue weighted by Gasteiger charge is 2.27. The molecule has 0 spiro atoms. The zero-order chi connectivity index (χ0) is 12.4. The predicted molar refractivity (Wildman–Crippen MR) is 71.1 cm³/mol. The molecule has 4 heteroatoms. The molecule has 1 aliphatic heterocycles. The Kier molecular flexibility index (Phi) is 3.30. The lowest BCUT2D eigenvalue weighted by molar-refractivity contribution is 0.117. The second kappa shape index (κ2) is 5.08. The van der Waals surface area contributed by atoms with Crippen LogP contribution in [0.3, 0.4) is 0 Å². The van der Waals surface area contributed by atoms with E-state index in [2.05, 4.69) is 11.1 Å². The molecule has 2 heterocycles. The quantitative estimate of drug-likeness (QED) is 0.923. The summed E-state index contributed by atoms with van der Waals surface area (Å²) in [6.45, 7) is 0.682. The molecule has 0 aliphatic carbocycles. The van der Waals surface area contributed by atoms with Gasteiger partial charge in [-0.05, 0) is 18.1 Å². The molecule has 0 amide bonds. The smallest absolute Gasteiger partial charge is 0.122 e. The normalized spacial score (nSPS) is 19.9. The van der Waals surface area contributed by atoms with E-state index in [1.807, 2.05) is 24.4 Å². The molecule has 0 radical (unpaired) electrons. The summed E-state index contributed by atoms with van der Waals surface area (Å²) in [4.78, 5) is 5.18. The third-order valence-electron chi connectivity index (χ3n) is 3.36. The van der Waals surface area contributed by atoms with Gasteiger partial charge in [0.15, 0.2) is 0 Å². The van der Waals surface area contributed by atoms with Gasteiger partial charge in [0.25, 0.3) is 0 Å². The van der Waals surface area contributed by atoms with Crippen LogP contribution in [0.2, 0.25) is 0 Å². The summed E-state index contributed by atoms with van der Waals surface area (Å²) >= 11 is 1.59. The summed E-state index contributed by atoms with van der Waals surface area (Å²) in [5, 5.41) is 10.4. The molecule has 1 aromatic carbocycles. The predicted octanol–water partition coefficient (Wildman–Crippen LogP) is 2.61. The molecular formula is C14H15NO2S. The van der Waals surface area contributed by atoms with Crippen molar-refractivity contribution in [3.63, 3.8) is 0 Å². The Labute approximate surface area is 110 Å². The molecule has 1 aliphatic rings. The van der Waals surface area contributed by atoms with Crippen LogP contribution < -0.4 is 4.74 Å². The van der Waals surface area contributed by atoms with Gasteiger partial charge >= 0.3 is 0 Å². The Balaban J connectivity index is 1.80. The standard InChI is InChI=1S/C14H15NO2S/c16-13(7-10-8-15-9-18-10)11-5-6-17-14-4-2-1-3-12(11)14/h1-4,8-9,11,13,16H,5-7H2. The largest absolute Gasteiger partial charge is 0.493 e. The van der Waals surface area contributed by atoms with E-state index in [-0.39, 0.29) is 12.0 Å². The van der Waals surface area contributed by atoms with Crippen LogP contribution in [0.1, 0.15) is 22.8 Å². The number of rotatable bonds is 3. The second-order valence-electron chi connectivity index (χ2n) is 4.52. The molecule has 0 saturated carbocycles. The molecule has 1 N–H and O–H groups in total. The minimum Gasteiger partial charge on any atom is -0.493 e. The maximum absolute atomic E-state index is 10.4. The second-order valence-corrected chi connectivity index (χ2v) is 5.49. The molecular weight excluding hydrogens is 246 g/mol. The van der Waals surface area contributed by atoms with Crippen LogP contribution in [0.5, 0.6) is 5.75 Å². The van der Waals surface area contributed by atoms with Crippen LogP contribution in [0.25, 0.3) is 0 Å². The lowest BCUT2D eigenvalue weighted by Crippen LogP contribution is -2.26. The molecule has 18 heavy (non-hydrogen) atoms. The zero-order valence-corrected chi connectivity index (χ0v) is 10.8. The average molecular weight is 261 g/mol. The summed E-state index contributed by atoms with van der Waals surface area (Å²) in [5.74, 6) is 1.08. The fourth-order valence-electron chi connectivity index (χ4n) is 2.46. The third-order valence-corrected chi connectivity index (χ3v) is 4.17. The van der Waals surface area contributed by atoms with E-state index < -0.39 is 0 Å². The van der Waals surface area contributed by atoms with E-state index in [4.69, 9.17) is 4.74 Å². The van der Waals surface area contributed by atoms with Crippen molar-refractivity contribution in [1.29, 1.82) is 0 Å². The maximum atomic E-state index is 10.4. The molecule has 2 aromatic rings. The zero-order valence-electron chi connectivity index (χ0n) is 9.95. The third kappa shape index (κ3) is 2.26. The fraction of sp³-hybridized carbons (Fsp3) is 0.357. The number of aliphatic hydroxyl groups excluding tert-OH is 1. The van der Waals surface area contributed by atoms with Gasteiger partial charge < -0.3 is 9.84 Å². The van der Waals surface area contributed by atoms with Gasteiger partial charge in [-0.15, -0.1) is 11.3 Å². The molecule has 94 valence electrons. The molecule has 2 atom stereocenters. The van der Waals surface area contributed by atoms with Crippen molar-refractivity contribution in [2.24, 2.45) is 0 Å². The minimum atomic E-state index is -0.365. The van der Waals surface area contributed by atoms with Crippen molar-refractivity contribution < 1.29 is 9.84 Å². The van der Waals surface area contributed by atoms with Crippen LogP contribution in [0.4, 0.5) is 0 Å². The van der Waals surface area contributed by atoms with Crippen LogP contribution in [0, 0.1) is 0 Å². The highest BCUT2D eigenvalue weighted by atomic mass is 32.1. The first-order valence-electron chi connectivity index (χ1n) is 6.12. The van der Waals surface area contributed by atoms with E-state index in [0.29, 0.717) is 13.0 Å². The highest BCUT2D eigenvalue weighted by Crippen LogP contribution is 2.36.